The number of aryl methyl sites for hydroxylation is 1. The van der Waals surface area contributed by atoms with Gasteiger partial charge in [0.05, 0.1) is 12.6 Å². The van der Waals surface area contributed by atoms with Crippen molar-refractivity contribution < 1.29 is 9.53 Å². The Morgan fingerprint density at radius 1 is 1.59 bits per heavy atom. The highest BCUT2D eigenvalue weighted by Gasteiger charge is 2.32. The van der Waals surface area contributed by atoms with Crippen LogP contribution in [0.25, 0.3) is 0 Å². The second-order valence-corrected chi connectivity index (χ2v) is 4.54. The van der Waals surface area contributed by atoms with E-state index in [0.29, 0.717) is 18.2 Å². The van der Waals surface area contributed by atoms with Crippen molar-refractivity contribution in [3.05, 3.63) is 29.6 Å². The molecule has 0 spiro atoms. The van der Waals surface area contributed by atoms with Gasteiger partial charge in [0.25, 0.3) is 5.91 Å². The van der Waals surface area contributed by atoms with E-state index in [9.17, 15) is 4.79 Å². The SMILES string of the molecule is COCC(NC(=O)c1cccc(C)n1)C1CC1. The summed E-state index contributed by atoms with van der Waals surface area (Å²) in [4.78, 5) is 16.2. The topological polar surface area (TPSA) is 51.2 Å². The number of aromatic nitrogens is 1. The Hall–Kier alpha value is -1.42. The second kappa shape index (κ2) is 5.27. The summed E-state index contributed by atoms with van der Waals surface area (Å²) in [5.74, 6) is 0.464. The molecule has 1 unspecified atom stereocenters. The average molecular weight is 234 g/mol. The van der Waals surface area contributed by atoms with Gasteiger partial charge in [-0.2, -0.15) is 0 Å². The summed E-state index contributed by atoms with van der Waals surface area (Å²) in [6.07, 6.45) is 2.35. The molecule has 1 heterocycles. The molecule has 4 heteroatoms. The molecule has 92 valence electrons. The van der Waals surface area contributed by atoms with Gasteiger partial charge in [0.2, 0.25) is 0 Å². The molecule has 1 atom stereocenters. The van der Waals surface area contributed by atoms with E-state index < -0.39 is 0 Å². The summed E-state index contributed by atoms with van der Waals surface area (Å²) < 4.78 is 5.13. The molecule has 1 amide bonds. The van der Waals surface area contributed by atoms with Crippen molar-refractivity contribution in [3.63, 3.8) is 0 Å². The number of pyridine rings is 1. The van der Waals surface area contributed by atoms with Gasteiger partial charge in [-0.25, -0.2) is 4.98 Å². The molecule has 0 radical (unpaired) electrons. The number of rotatable bonds is 5. The van der Waals surface area contributed by atoms with Crippen LogP contribution in [0.2, 0.25) is 0 Å². The third-order valence-corrected chi connectivity index (χ3v) is 2.97. The number of methoxy groups -OCH3 is 1. The molecule has 1 N–H and O–H groups in total. The van der Waals surface area contributed by atoms with E-state index in [2.05, 4.69) is 10.3 Å². The van der Waals surface area contributed by atoms with E-state index in [1.165, 1.54) is 12.8 Å². The fourth-order valence-corrected chi connectivity index (χ4v) is 1.89. The highest BCUT2D eigenvalue weighted by molar-refractivity contribution is 5.92. The van der Waals surface area contributed by atoms with Crippen LogP contribution in [0.1, 0.15) is 29.0 Å². The molecule has 1 fully saturated rings. The van der Waals surface area contributed by atoms with Crippen molar-refractivity contribution >= 4 is 5.91 Å². The molecule has 17 heavy (non-hydrogen) atoms. The van der Waals surface area contributed by atoms with Crippen LogP contribution in [0.15, 0.2) is 18.2 Å². The van der Waals surface area contributed by atoms with Crippen molar-refractivity contribution in [1.29, 1.82) is 0 Å². The number of nitrogens with one attached hydrogen (secondary N) is 1. The van der Waals surface area contributed by atoms with Gasteiger partial charge in [-0.05, 0) is 37.8 Å². The summed E-state index contributed by atoms with van der Waals surface area (Å²) in [6, 6.07) is 5.58. The zero-order valence-electron chi connectivity index (χ0n) is 10.3. The van der Waals surface area contributed by atoms with Gasteiger partial charge >= 0.3 is 0 Å². The van der Waals surface area contributed by atoms with Crippen molar-refractivity contribution in [3.8, 4) is 0 Å². The lowest BCUT2D eigenvalue weighted by atomic mass is 10.2. The molecule has 1 aromatic heterocycles. The quantitative estimate of drug-likeness (QED) is 0.841. The summed E-state index contributed by atoms with van der Waals surface area (Å²) in [6.45, 7) is 2.45. The highest BCUT2D eigenvalue weighted by atomic mass is 16.5. The Morgan fingerprint density at radius 3 is 2.94 bits per heavy atom. The lowest BCUT2D eigenvalue weighted by molar-refractivity contribution is 0.0879. The molecule has 1 aromatic rings. The number of carbonyl (C=O) groups is 1. The summed E-state index contributed by atoms with van der Waals surface area (Å²) in [7, 11) is 1.66. The Morgan fingerprint density at radius 2 is 2.35 bits per heavy atom. The number of nitrogens with zero attached hydrogens (tertiary/aromatic N) is 1. The van der Waals surface area contributed by atoms with E-state index in [1.807, 2.05) is 19.1 Å². The number of ether oxygens (including phenoxy) is 1. The van der Waals surface area contributed by atoms with Crippen molar-refractivity contribution in [2.75, 3.05) is 13.7 Å². The van der Waals surface area contributed by atoms with Crippen LogP contribution in [0.3, 0.4) is 0 Å². The lowest BCUT2D eigenvalue weighted by Gasteiger charge is -2.16. The van der Waals surface area contributed by atoms with Crippen LogP contribution in [-0.2, 0) is 4.74 Å². The van der Waals surface area contributed by atoms with Gasteiger partial charge in [-0.1, -0.05) is 6.07 Å². The predicted molar refractivity (Wildman–Crippen MR) is 64.8 cm³/mol. The number of hydrogen-bond donors (Lipinski definition) is 1. The number of amides is 1. The van der Waals surface area contributed by atoms with Crippen molar-refractivity contribution in [2.45, 2.75) is 25.8 Å². The molecule has 0 bridgehead atoms. The number of hydrogen-bond acceptors (Lipinski definition) is 3. The van der Waals surface area contributed by atoms with E-state index in [0.717, 1.165) is 5.69 Å². The first-order valence-corrected chi connectivity index (χ1v) is 5.94. The smallest absolute Gasteiger partial charge is 0.270 e. The largest absolute Gasteiger partial charge is 0.383 e. The second-order valence-electron chi connectivity index (χ2n) is 4.54. The molecule has 2 rings (SSSR count). The minimum absolute atomic E-state index is 0.109. The Bertz CT molecular complexity index is 402. The Labute approximate surface area is 101 Å². The van der Waals surface area contributed by atoms with E-state index in [-0.39, 0.29) is 11.9 Å². The van der Waals surface area contributed by atoms with E-state index >= 15 is 0 Å². The molecule has 1 aliphatic rings. The van der Waals surface area contributed by atoms with Crippen molar-refractivity contribution in [1.82, 2.24) is 10.3 Å². The first kappa shape index (κ1) is 12.0. The predicted octanol–water partition coefficient (Wildman–Crippen LogP) is 1.54. The fourth-order valence-electron chi connectivity index (χ4n) is 1.89. The van der Waals surface area contributed by atoms with Crippen LogP contribution < -0.4 is 5.32 Å². The molecular weight excluding hydrogens is 216 g/mol. The lowest BCUT2D eigenvalue weighted by Crippen LogP contribution is -2.40. The third-order valence-electron chi connectivity index (χ3n) is 2.97. The van der Waals surface area contributed by atoms with Crippen LogP contribution in [0.5, 0.6) is 0 Å². The van der Waals surface area contributed by atoms with Gasteiger partial charge in [0, 0.05) is 12.8 Å². The van der Waals surface area contributed by atoms with E-state index in [4.69, 9.17) is 4.74 Å². The van der Waals surface area contributed by atoms with Crippen LogP contribution in [0.4, 0.5) is 0 Å². The maximum atomic E-state index is 12.0. The summed E-state index contributed by atoms with van der Waals surface area (Å²) in [5.41, 5.74) is 1.33. The monoisotopic (exact) mass is 234 g/mol. The third kappa shape index (κ3) is 3.27. The van der Waals surface area contributed by atoms with Crippen LogP contribution in [-0.4, -0.2) is 30.6 Å². The first-order chi connectivity index (χ1) is 8.20. The molecule has 1 aliphatic carbocycles. The Balaban J connectivity index is 1.99. The van der Waals surface area contributed by atoms with Gasteiger partial charge in [-0.3, -0.25) is 4.79 Å². The normalized spacial score (nSPS) is 16.6. The summed E-state index contributed by atoms with van der Waals surface area (Å²) in [5, 5.41) is 3.00. The molecule has 0 aliphatic heterocycles. The van der Waals surface area contributed by atoms with Crippen molar-refractivity contribution in [2.24, 2.45) is 5.92 Å². The maximum absolute atomic E-state index is 12.0. The first-order valence-electron chi connectivity index (χ1n) is 5.94. The van der Waals surface area contributed by atoms with Gasteiger partial charge in [-0.15, -0.1) is 0 Å². The minimum atomic E-state index is -0.109. The molecule has 4 nitrogen and oxygen atoms in total. The van der Waals surface area contributed by atoms with Gasteiger partial charge in [0.1, 0.15) is 5.69 Å². The minimum Gasteiger partial charge on any atom is -0.383 e. The van der Waals surface area contributed by atoms with Crippen LogP contribution in [0, 0.1) is 12.8 Å². The zero-order valence-corrected chi connectivity index (χ0v) is 10.3. The maximum Gasteiger partial charge on any atom is 0.270 e. The molecule has 0 aromatic carbocycles. The fraction of sp³-hybridized carbons (Fsp3) is 0.538. The van der Waals surface area contributed by atoms with Gasteiger partial charge in [0.15, 0.2) is 0 Å². The van der Waals surface area contributed by atoms with Crippen LogP contribution >= 0.6 is 0 Å². The average Bonchev–Trinajstić information content (AvgIpc) is 3.12. The number of carbonyl (C=O) groups excluding carboxylic acids is 1. The zero-order chi connectivity index (χ0) is 12.3. The molecule has 1 saturated carbocycles. The van der Waals surface area contributed by atoms with Gasteiger partial charge < -0.3 is 10.1 Å². The van der Waals surface area contributed by atoms with E-state index in [1.54, 1.807) is 13.2 Å². The summed E-state index contributed by atoms with van der Waals surface area (Å²) >= 11 is 0. The highest BCUT2D eigenvalue weighted by Crippen LogP contribution is 2.32. The molecule has 0 saturated heterocycles. The molecular formula is C13H18N2O2. The Kier molecular flexibility index (Phi) is 3.74. The standard InChI is InChI=1S/C13H18N2O2/c1-9-4-3-5-11(14-9)13(16)15-12(8-17-2)10-6-7-10/h3-5,10,12H,6-8H2,1-2H3,(H,15,16).